The SMILES string of the molecule is Cc1cc([C@@H]2[C@@H](c3ccccn3)NC(=S)N2CCC(=O)Nc2ccccc2F)c(C)n1-c1ccccc1O. The number of hydrogen-bond acceptors (Lipinski definition) is 4. The molecule has 3 heterocycles. The van der Waals surface area contributed by atoms with Crippen molar-refractivity contribution in [3.63, 3.8) is 0 Å². The number of carbonyl (C=O) groups is 1. The van der Waals surface area contributed by atoms with E-state index in [2.05, 4.69) is 21.7 Å². The summed E-state index contributed by atoms with van der Waals surface area (Å²) in [5, 5.41) is 17.1. The van der Waals surface area contributed by atoms with E-state index in [-0.39, 0.29) is 35.8 Å². The van der Waals surface area contributed by atoms with Gasteiger partial charge >= 0.3 is 0 Å². The lowest BCUT2D eigenvalue weighted by Crippen LogP contribution is -2.33. The molecule has 0 aliphatic carbocycles. The Morgan fingerprint density at radius 1 is 1.11 bits per heavy atom. The molecule has 0 spiro atoms. The van der Waals surface area contributed by atoms with E-state index in [9.17, 15) is 14.3 Å². The molecule has 38 heavy (non-hydrogen) atoms. The molecule has 4 aromatic rings. The van der Waals surface area contributed by atoms with Gasteiger partial charge in [-0.1, -0.05) is 30.3 Å². The lowest BCUT2D eigenvalue weighted by atomic mass is 9.96. The highest BCUT2D eigenvalue weighted by Gasteiger charge is 2.41. The van der Waals surface area contributed by atoms with Gasteiger partial charge in [0.1, 0.15) is 11.6 Å². The fourth-order valence-corrected chi connectivity index (χ4v) is 5.42. The molecule has 1 saturated heterocycles. The van der Waals surface area contributed by atoms with Gasteiger partial charge in [0.05, 0.1) is 29.2 Å². The minimum atomic E-state index is -0.482. The molecule has 2 aromatic heterocycles. The summed E-state index contributed by atoms with van der Waals surface area (Å²) in [7, 11) is 0. The number of thiocarbonyl (C=S) groups is 1. The van der Waals surface area contributed by atoms with Crippen LogP contribution in [0.15, 0.2) is 79.0 Å². The number of para-hydroxylation sites is 3. The Morgan fingerprint density at radius 2 is 1.84 bits per heavy atom. The quantitative estimate of drug-likeness (QED) is 0.281. The number of phenolic OH excluding ortho intramolecular Hbond substituents is 1. The molecule has 1 aliphatic rings. The highest BCUT2D eigenvalue weighted by Crippen LogP contribution is 2.42. The van der Waals surface area contributed by atoms with Crippen molar-refractivity contribution >= 4 is 28.9 Å². The maximum Gasteiger partial charge on any atom is 0.226 e. The van der Waals surface area contributed by atoms with Crippen LogP contribution in [-0.2, 0) is 4.79 Å². The molecule has 3 N–H and O–H groups in total. The second-order valence-corrected chi connectivity index (χ2v) is 9.64. The summed E-state index contributed by atoms with van der Waals surface area (Å²) in [6.07, 6.45) is 1.85. The molecule has 0 bridgehead atoms. The Kier molecular flexibility index (Phi) is 7.11. The Bertz CT molecular complexity index is 1490. The average molecular weight is 530 g/mol. The Morgan fingerprint density at radius 3 is 2.58 bits per heavy atom. The van der Waals surface area contributed by atoms with Gasteiger partial charge in [-0.15, -0.1) is 0 Å². The molecular weight excluding hydrogens is 501 g/mol. The molecule has 5 rings (SSSR count). The predicted molar refractivity (Wildman–Crippen MR) is 149 cm³/mol. The molecule has 1 fully saturated rings. The number of halogens is 1. The number of hydrogen-bond donors (Lipinski definition) is 3. The van der Waals surface area contributed by atoms with E-state index in [1.807, 2.05) is 53.6 Å². The molecule has 0 saturated carbocycles. The van der Waals surface area contributed by atoms with Crippen LogP contribution in [0.25, 0.3) is 5.69 Å². The standard InChI is InChI=1S/C29H28FN5O2S/c1-18-17-20(19(2)35(18)24-12-5-6-13-25(24)36)28-27(23-11-7-8-15-31-23)33-29(38)34(28)16-14-26(37)32-22-10-4-3-9-21(22)30/h3-13,15,17,27-28,36H,14,16H2,1-2H3,(H,32,37)(H,33,38)/t27-,28-/m1/s1. The van der Waals surface area contributed by atoms with Crippen LogP contribution in [-0.4, -0.2) is 37.1 Å². The highest BCUT2D eigenvalue weighted by atomic mass is 32.1. The average Bonchev–Trinajstić information content (AvgIpc) is 3.39. The Balaban J connectivity index is 1.48. The number of anilines is 1. The van der Waals surface area contributed by atoms with Gasteiger partial charge in [-0.25, -0.2) is 4.39 Å². The second kappa shape index (κ2) is 10.6. The number of benzene rings is 2. The summed E-state index contributed by atoms with van der Waals surface area (Å²) in [4.78, 5) is 19.3. The third-order valence-corrected chi connectivity index (χ3v) is 7.19. The topological polar surface area (TPSA) is 82.4 Å². The zero-order chi connectivity index (χ0) is 26.8. The van der Waals surface area contributed by atoms with Crippen molar-refractivity contribution in [3.8, 4) is 11.4 Å². The fourth-order valence-electron chi connectivity index (χ4n) is 5.09. The van der Waals surface area contributed by atoms with E-state index < -0.39 is 5.82 Å². The minimum absolute atomic E-state index is 0.111. The van der Waals surface area contributed by atoms with Gasteiger partial charge in [-0.05, 0) is 74.1 Å². The van der Waals surface area contributed by atoms with Crippen molar-refractivity contribution in [3.05, 3.63) is 107 Å². The predicted octanol–water partition coefficient (Wildman–Crippen LogP) is 5.34. The number of nitrogens with one attached hydrogen (secondary N) is 2. The molecule has 1 aliphatic heterocycles. The van der Waals surface area contributed by atoms with Crippen LogP contribution in [0.2, 0.25) is 0 Å². The lowest BCUT2D eigenvalue weighted by Gasteiger charge is -2.28. The normalized spacial score (nSPS) is 16.9. The van der Waals surface area contributed by atoms with E-state index >= 15 is 0 Å². The number of nitrogens with zero attached hydrogens (tertiary/aromatic N) is 3. The first-order valence-corrected chi connectivity index (χ1v) is 12.8. The van der Waals surface area contributed by atoms with Crippen LogP contribution in [0.3, 0.4) is 0 Å². The number of amides is 1. The number of rotatable bonds is 7. The Hall–Kier alpha value is -4.24. The molecule has 2 aromatic carbocycles. The van der Waals surface area contributed by atoms with Crippen LogP contribution in [0.1, 0.15) is 41.1 Å². The van der Waals surface area contributed by atoms with E-state index in [1.165, 1.54) is 12.1 Å². The molecule has 1 amide bonds. The summed E-state index contributed by atoms with van der Waals surface area (Å²) in [5.74, 6) is -0.606. The van der Waals surface area contributed by atoms with Crippen molar-refractivity contribution in [2.45, 2.75) is 32.4 Å². The molecule has 194 valence electrons. The first-order chi connectivity index (χ1) is 18.3. The lowest BCUT2D eigenvalue weighted by molar-refractivity contribution is -0.116. The first-order valence-electron chi connectivity index (χ1n) is 12.3. The van der Waals surface area contributed by atoms with Gasteiger partial charge < -0.3 is 25.2 Å². The van der Waals surface area contributed by atoms with E-state index in [4.69, 9.17) is 12.2 Å². The van der Waals surface area contributed by atoms with Crippen molar-refractivity contribution < 1.29 is 14.3 Å². The summed E-state index contributed by atoms with van der Waals surface area (Å²) in [5.41, 5.74) is 4.56. The van der Waals surface area contributed by atoms with Crippen molar-refractivity contribution in [2.24, 2.45) is 0 Å². The van der Waals surface area contributed by atoms with Crippen molar-refractivity contribution in [2.75, 3.05) is 11.9 Å². The third kappa shape index (κ3) is 4.84. The maximum absolute atomic E-state index is 14.0. The van der Waals surface area contributed by atoms with Gasteiger partial charge in [0, 0.05) is 30.6 Å². The smallest absolute Gasteiger partial charge is 0.226 e. The van der Waals surface area contributed by atoms with Gasteiger partial charge in [0.2, 0.25) is 5.91 Å². The maximum atomic E-state index is 14.0. The van der Waals surface area contributed by atoms with Gasteiger partial charge in [0.15, 0.2) is 5.11 Å². The minimum Gasteiger partial charge on any atom is -0.506 e. The van der Waals surface area contributed by atoms with Crippen LogP contribution in [0, 0.1) is 19.7 Å². The van der Waals surface area contributed by atoms with Crippen molar-refractivity contribution in [1.29, 1.82) is 0 Å². The van der Waals surface area contributed by atoms with E-state index in [0.29, 0.717) is 17.3 Å². The van der Waals surface area contributed by atoms with E-state index in [0.717, 1.165) is 22.6 Å². The summed E-state index contributed by atoms with van der Waals surface area (Å²) in [6, 6.07) is 20.6. The van der Waals surface area contributed by atoms with Crippen LogP contribution < -0.4 is 10.6 Å². The number of aryl methyl sites for hydroxylation is 1. The number of phenols is 1. The summed E-state index contributed by atoms with van der Waals surface area (Å²) in [6.45, 7) is 4.32. The van der Waals surface area contributed by atoms with Crippen LogP contribution in [0.4, 0.5) is 10.1 Å². The number of pyridine rings is 1. The van der Waals surface area contributed by atoms with Gasteiger partial charge in [-0.3, -0.25) is 9.78 Å². The number of carbonyl (C=O) groups excluding carboxylic acids is 1. The second-order valence-electron chi connectivity index (χ2n) is 9.25. The molecule has 0 radical (unpaired) electrons. The monoisotopic (exact) mass is 529 g/mol. The Labute approximate surface area is 225 Å². The van der Waals surface area contributed by atoms with Crippen LogP contribution >= 0.6 is 12.2 Å². The zero-order valence-electron chi connectivity index (χ0n) is 21.1. The molecule has 0 unspecified atom stereocenters. The number of aromatic hydroxyl groups is 1. The van der Waals surface area contributed by atoms with Crippen LogP contribution in [0.5, 0.6) is 5.75 Å². The largest absolute Gasteiger partial charge is 0.506 e. The zero-order valence-corrected chi connectivity index (χ0v) is 21.9. The molecule has 9 heteroatoms. The van der Waals surface area contributed by atoms with E-state index in [1.54, 1.807) is 30.5 Å². The van der Waals surface area contributed by atoms with Gasteiger partial charge in [-0.2, -0.15) is 0 Å². The summed E-state index contributed by atoms with van der Waals surface area (Å²) < 4.78 is 16.1. The molecule has 2 atom stereocenters. The van der Waals surface area contributed by atoms with Crippen molar-refractivity contribution in [1.82, 2.24) is 19.8 Å². The third-order valence-electron chi connectivity index (χ3n) is 6.84. The highest BCUT2D eigenvalue weighted by molar-refractivity contribution is 7.80. The summed E-state index contributed by atoms with van der Waals surface area (Å²) >= 11 is 5.74. The molecule has 7 nitrogen and oxygen atoms in total. The first kappa shape index (κ1) is 25.4. The molecular formula is C29H28FN5O2S. The van der Waals surface area contributed by atoms with Gasteiger partial charge in [0.25, 0.3) is 0 Å². The fraction of sp³-hybridized carbons (Fsp3) is 0.207. The number of aromatic nitrogens is 2.